The average molecular weight is 540 g/mol. The number of hydrogen-bond donors (Lipinski definition) is 0. The van der Waals surface area contributed by atoms with Gasteiger partial charge in [-0.2, -0.15) is 0 Å². The molecule has 7 aromatic rings. The minimum Gasteiger partial charge on any atom is -0.455 e. The van der Waals surface area contributed by atoms with Crippen molar-refractivity contribution in [2.45, 2.75) is 12.8 Å². The molecule has 42 heavy (non-hydrogen) atoms. The summed E-state index contributed by atoms with van der Waals surface area (Å²) < 4.78 is 6.60. The Bertz CT molecular complexity index is 2190. The zero-order valence-electron chi connectivity index (χ0n) is 23.2. The van der Waals surface area contributed by atoms with Crippen molar-refractivity contribution in [2.24, 2.45) is 0 Å². The number of benzene rings is 6. The molecular weight excluding hydrogens is 510 g/mol. The van der Waals surface area contributed by atoms with Crippen LogP contribution in [0.4, 0.5) is 11.4 Å². The number of para-hydroxylation sites is 2. The van der Waals surface area contributed by atoms with Gasteiger partial charge in [0.1, 0.15) is 11.2 Å². The molecule has 8 rings (SSSR count). The van der Waals surface area contributed by atoms with Gasteiger partial charge in [-0.1, -0.05) is 115 Å². The Kier molecular flexibility index (Phi) is 5.97. The van der Waals surface area contributed by atoms with Crippen molar-refractivity contribution in [3.05, 3.63) is 156 Å². The van der Waals surface area contributed by atoms with E-state index in [-0.39, 0.29) is 0 Å². The van der Waals surface area contributed by atoms with Gasteiger partial charge < -0.3 is 9.32 Å². The summed E-state index contributed by atoms with van der Waals surface area (Å²) in [6.07, 6.45) is 4.36. The third-order valence-corrected chi connectivity index (χ3v) is 8.32. The van der Waals surface area contributed by atoms with Crippen LogP contribution in [0.2, 0.25) is 0 Å². The van der Waals surface area contributed by atoms with Crippen molar-refractivity contribution < 1.29 is 4.42 Å². The molecule has 1 aromatic heterocycles. The number of anilines is 2. The minimum atomic E-state index is 0.899. The van der Waals surface area contributed by atoms with Crippen LogP contribution in [0.5, 0.6) is 0 Å². The van der Waals surface area contributed by atoms with Crippen LogP contribution in [0.25, 0.3) is 56.0 Å². The van der Waals surface area contributed by atoms with Gasteiger partial charge in [0.2, 0.25) is 0 Å². The highest BCUT2D eigenvalue weighted by molar-refractivity contribution is 6.11. The van der Waals surface area contributed by atoms with Crippen LogP contribution in [0.15, 0.2) is 150 Å². The average Bonchev–Trinajstić information content (AvgIpc) is 3.44. The van der Waals surface area contributed by atoms with E-state index in [2.05, 4.69) is 157 Å². The van der Waals surface area contributed by atoms with Crippen molar-refractivity contribution in [3.8, 4) is 22.3 Å². The summed E-state index contributed by atoms with van der Waals surface area (Å²) in [5, 5.41) is 4.85. The van der Waals surface area contributed by atoms with Gasteiger partial charge in [0.05, 0.1) is 0 Å². The summed E-state index contributed by atoms with van der Waals surface area (Å²) in [5.41, 5.74) is 10.1. The minimum absolute atomic E-state index is 0.899. The second kappa shape index (κ2) is 10.2. The van der Waals surface area contributed by atoms with Gasteiger partial charge in [-0.3, -0.25) is 0 Å². The van der Waals surface area contributed by atoms with E-state index in [0.29, 0.717) is 0 Å². The van der Waals surface area contributed by atoms with Crippen molar-refractivity contribution in [3.63, 3.8) is 0 Å². The molecule has 0 amide bonds. The highest BCUT2D eigenvalue weighted by atomic mass is 16.3. The lowest BCUT2D eigenvalue weighted by Gasteiger charge is -2.29. The summed E-state index contributed by atoms with van der Waals surface area (Å²) >= 11 is 0. The van der Waals surface area contributed by atoms with Crippen LogP contribution < -0.4 is 15.3 Å². The first-order valence-corrected chi connectivity index (χ1v) is 14.6. The molecule has 0 atom stereocenters. The molecule has 1 aliphatic rings. The summed E-state index contributed by atoms with van der Waals surface area (Å²) in [5.74, 6) is 0. The molecule has 0 fully saturated rings. The molecule has 1 aliphatic carbocycles. The first kappa shape index (κ1) is 24.5. The van der Waals surface area contributed by atoms with Gasteiger partial charge in [0.25, 0.3) is 0 Å². The Morgan fingerprint density at radius 3 is 2.14 bits per heavy atom. The Balaban J connectivity index is 1.31. The highest BCUT2D eigenvalue weighted by Crippen LogP contribution is 2.40. The van der Waals surface area contributed by atoms with Gasteiger partial charge in [-0.25, -0.2) is 0 Å². The lowest BCUT2D eigenvalue weighted by Crippen LogP contribution is -2.34. The fraction of sp³-hybridized carbons (Fsp3) is 0.0500. The number of hydrogen-bond acceptors (Lipinski definition) is 2. The van der Waals surface area contributed by atoms with E-state index in [1.165, 1.54) is 27.3 Å². The molecule has 0 unspecified atom stereocenters. The van der Waals surface area contributed by atoms with Gasteiger partial charge in [-0.15, -0.1) is 0 Å². The van der Waals surface area contributed by atoms with Crippen LogP contribution in [0.1, 0.15) is 12.8 Å². The maximum Gasteiger partial charge on any atom is 0.143 e. The van der Waals surface area contributed by atoms with Gasteiger partial charge >= 0.3 is 0 Å². The van der Waals surface area contributed by atoms with E-state index in [0.717, 1.165) is 57.3 Å². The molecule has 0 radical (unpaired) electrons. The zero-order chi connectivity index (χ0) is 27.9. The van der Waals surface area contributed by atoms with Crippen LogP contribution in [0.3, 0.4) is 0 Å². The van der Waals surface area contributed by atoms with E-state index < -0.39 is 0 Å². The maximum absolute atomic E-state index is 6.60. The topological polar surface area (TPSA) is 16.4 Å². The number of fused-ring (bicyclic) bond motifs is 4. The Labute approximate surface area is 245 Å². The Morgan fingerprint density at radius 2 is 1.26 bits per heavy atom. The summed E-state index contributed by atoms with van der Waals surface area (Å²) in [4.78, 5) is 2.43. The molecule has 0 spiro atoms. The molecule has 2 heteroatoms. The first-order valence-electron chi connectivity index (χ1n) is 14.6. The molecule has 2 nitrogen and oxygen atoms in total. The third kappa shape index (κ3) is 4.20. The Hall–Kier alpha value is -5.34. The van der Waals surface area contributed by atoms with Crippen molar-refractivity contribution in [1.29, 1.82) is 0 Å². The fourth-order valence-corrected chi connectivity index (χ4v) is 6.36. The quantitative estimate of drug-likeness (QED) is 0.217. The number of nitrogens with zero attached hydrogens (tertiary/aromatic N) is 1. The molecular formula is C40H29NO. The lowest BCUT2D eigenvalue weighted by molar-refractivity contribution is 0.670. The first-order chi connectivity index (χ1) is 20.8. The molecule has 6 aromatic carbocycles. The zero-order valence-corrected chi connectivity index (χ0v) is 23.2. The normalized spacial score (nSPS) is 12.7. The molecule has 1 heterocycles. The highest BCUT2D eigenvalue weighted by Gasteiger charge is 2.20. The molecule has 200 valence electrons. The summed E-state index contributed by atoms with van der Waals surface area (Å²) in [7, 11) is 0. The van der Waals surface area contributed by atoms with Crippen LogP contribution in [0, 0.1) is 0 Å². The summed E-state index contributed by atoms with van der Waals surface area (Å²) in [6, 6.07) is 51.8. The van der Waals surface area contributed by atoms with Crippen LogP contribution in [-0.4, -0.2) is 0 Å². The van der Waals surface area contributed by atoms with Gasteiger partial charge in [0.15, 0.2) is 0 Å². The van der Waals surface area contributed by atoms with Crippen LogP contribution in [-0.2, 0) is 0 Å². The number of furan rings is 1. The van der Waals surface area contributed by atoms with Gasteiger partial charge in [-0.05, 0) is 71.1 Å². The second-order valence-electron chi connectivity index (χ2n) is 10.9. The predicted octanol–water partition coefficient (Wildman–Crippen LogP) is 9.44. The molecule has 0 saturated carbocycles. The standard InChI is InChI=1S/C40H29NO/c1-3-12-28(13-4-1)30-16-9-17-31(26-30)35-21-11-22-36-37-27-33(24-25-39(37)42-40(35)36)41(32-18-5-2-6-19-32)38-23-10-15-29-14-7-8-20-34(29)38/h1-9,11-22,24-27H,10,23H2. The van der Waals surface area contributed by atoms with Crippen LogP contribution >= 0.6 is 0 Å². The van der Waals surface area contributed by atoms with Crippen molar-refractivity contribution in [1.82, 2.24) is 0 Å². The van der Waals surface area contributed by atoms with E-state index in [9.17, 15) is 0 Å². The monoisotopic (exact) mass is 539 g/mol. The van der Waals surface area contributed by atoms with Crippen molar-refractivity contribution >= 4 is 45.1 Å². The molecule has 0 aliphatic heterocycles. The van der Waals surface area contributed by atoms with Gasteiger partial charge in [0, 0.05) is 38.6 Å². The number of rotatable bonds is 5. The molecule has 0 bridgehead atoms. The lowest BCUT2D eigenvalue weighted by atomic mass is 9.97. The van der Waals surface area contributed by atoms with E-state index >= 15 is 0 Å². The maximum atomic E-state index is 6.60. The molecule has 0 N–H and O–H groups in total. The Morgan fingerprint density at radius 1 is 0.524 bits per heavy atom. The van der Waals surface area contributed by atoms with Crippen molar-refractivity contribution in [2.75, 3.05) is 4.90 Å². The fourth-order valence-electron chi connectivity index (χ4n) is 6.36. The smallest absolute Gasteiger partial charge is 0.143 e. The molecule has 0 saturated heterocycles. The summed E-state index contributed by atoms with van der Waals surface area (Å²) in [6.45, 7) is 0. The third-order valence-electron chi connectivity index (χ3n) is 8.32. The second-order valence-corrected chi connectivity index (χ2v) is 10.9. The SMILES string of the molecule is C1=c2ccccc2=C(N(c2ccccc2)c2ccc3oc4c(-c5cccc(-c6ccccc6)c5)cccc4c3c2)CC1. The predicted molar refractivity (Wildman–Crippen MR) is 176 cm³/mol. The largest absolute Gasteiger partial charge is 0.455 e. The van der Waals surface area contributed by atoms with E-state index in [4.69, 9.17) is 4.42 Å². The van der Waals surface area contributed by atoms with E-state index in [1.54, 1.807) is 0 Å². The van der Waals surface area contributed by atoms with E-state index in [1.807, 2.05) is 0 Å².